The van der Waals surface area contributed by atoms with E-state index in [0.29, 0.717) is 24.7 Å². The van der Waals surface area contributed by atoms with Gasteiger partial charge in [-0.3, -0.25) is 4.79 Å². The van der Waals surface area contributed by atoms with Crippen molar-refractivity contribution in [2.75, 3.05) is 6.54 Å². The van der Waals surface area contributed by atoms with Gasteiger partial charge in [-0.25, -0.2) is 0 Å². The zero-order valence-corrected chi connectivity index (χ0v) is 10.2. The topological polar surface area (TPSA) is 94.0 Å². The zero-order valence-electron chi connectivity index (χ0n) is 10.2. The predicted molar refractivity (Wildman–Crippen MR) is 63.0 cm³/mol. The molecule has 17 heavy (non-hydrogen) atoms. The minimum absolute atomic E-state index is 0.0280. The zero-order chi connectivity index (χ0) is 12.5. The number of aryl methyl sites for hydroxylation is 1. The molecule has 6 heteroatoms. The third-order valence-electron chi connectivity index (χ3n) is 2.37. The molecule has 1 aromatic heterocycles. The third kappa shape index (κ3) is 6.01. The second-order valence-corrected chi connectivity index (χ2v) is 3.96. The number of nitrogens with zero attached hydrogens (tertiary/aromatic N) is 2. The van der Waals surface area contributed by atoms with Crippen LogP contribution in [-0.4, -0.2) is 22.6 Å². The summed E-state index contributed by atoms with van der Waals surface area (Å²) in [5.74, 6) is 1.05. The van der Waals surface area contributed by atoms with E-state index >= 15 is 0 Å². The predicted octanol–water partition coefficient (Wildman–Crippen LogP) is 0.903. The number of aromatic nitrogens is 2. The van der Waals surface area contributed by atoms with Gasteiger partial charge in [0.05, 0.1) is 6.54 Å². The molecule has 0 aliphatic carbocycles. The number of nitrogens with one attached hydrogen (secondary N) is 1. The van der Waals surface area contributed by atoms with Crippen molar-refractivity contribution in [3.05, 3.63) is 11.7 Å². The summed E-state index contributed by atoms with van der Waals surface area (Å²) >= 11 is 0. The first-order valence-corrected chi connectivity index (χ1v) is 5.98. The van der Waals surface area contributed by atoms with E-state index in [1.807, 2.05) is 0 Å². The first kappa shape index (κ1) is 13.6. The van der Waals surface area contributed by atoms with Crippen molar-refractivity contribution >= 4 is 5.91 Å². The largest absolute Gasteiger partial charge is 0.349 e. The molecule has 0 aliphatic rings. The van der Waals surface area contributed by atoms with Crippen molar-refractivity contribution in [2.45, 2.75) is 45.6 Å². The van der Waals surface area contributed by atoms with Gasteiger partial charge in [0.15, 0.2) is 5.82 Å². The normalized spacial score (nSPS) is 10.5. The molecule has 0 atom stereocenters. The lowest BCUT2D eigenvalue weighted by atomic mass is 10.1. The molecule has 0 fully saturated rings. The van der Waals surface area contributed by atoms with Gasteiger partial charge in [0, 0.05) is 13.3 Å². The minimum atomic E-state index is 0.0280. The Bertz CT molecular complexity index is 338. The fourth-order valence-electron chi connectivity index (χ4n) is 1.46. The van der Waals surface area contributed by atoms with Crippen LogP contribution in [0, 0.1) is 6.92 Å². The van der Waals surface area contributed by atoms with Crippen molar-refractivity contribution in [1.29, 1.82) is 0 Å². The van der Waals surface area contributed by atoms with Crippen molar-refractivity contribution < 1.29 is 9.32 Å². The molecule has 1 heterocycles. The van der Waals surface area contributed by atoms with Crippen LogP contribution in [-0.2, 0) is 11.3 Å². The average molecular weight is 240 g/mol. The molecule has 96 valence electrons. The molecular formula is C11H20N4O2. The van der Waals surface area contributed by atoms with E-state index < -0.39 is 0 Å². The monoisotopic (exact) mass is 240 g/mol. The summed E-state index contributed by atoms with van der Waals surface area (Å²) in [7, 11) is 0. The Hall–Kier alpha value is -1.43. The van der Waals surface area contributed by atoms with Crippen molar-refractivity contribution in [1.82, 2.24) is 15.5 Å². The van der Waals surface area contributed by atoms with E-state index in [2.05, 4.69) is 15.5 Å². The molecule has 0 saturated heterocycles. The van der Waals surface area contributed by atoms with E-state index in [1.54, 1.807) is 6.92 Å². The van der Waals surface area contributed by atoms with Crippen LogP contribution in [0.1, 0.15) is 43.8 Å². The maximum Gasteiger partial charge on any atom is 0.223 e. The van der Waals surface area contributed by atoms with Gasteiger partial charge < -0.3 is 15.6 Å². The fraction of sp³-hybridized carbons (Fsp3) is 0.727. The maximum atomic E-state index is 11.4. The van der Waals surface area contributed by atoms with E-state index in [4.69, 9.17) is 10.3 Å². The minimum Gasteiger partial charge on any atom is -0.349 e. The van der Waals surface area contributed by atoms with Crippen LogP contribution in [0.2, 0.25) is 0 Å². The molecule has 3 N–H and O–H groups in total. The molecular weight excluding hydrogens is 220 g/mol. The Morgan fingerprint density at radius 2 is 2.12 bits per heavy atom. The highest BCUT2D eigenvalue weighted by Crippen LogP contribution is 2.02. The molecule has 1 aromatic rings. The lowest BCUT2D eigenvalue weighted by Gasteiger charge is -2.02. The number of nitrogens with two attached hydrogens (primary N) is 1. The molecule has 0 unspecified atom stereocenters. The number of unbranched alkanes of at least 4 members (excludes halogenated alkanes) is 3. The highest BCUT2D eigenvalue weighted by atomic mass is 16.5. The van der Waals surface area contributed by atoms with E-state index in [0.717, 1.165) is 32.2 Å². The number of hydrogen-bond acceptors (Lipinski definition) is 5. The third-order valence-corrected chi connectivity index (χ3v) is 2.37. The van der Waals surface area contributed by atoms with Gasteiger partial charge in [-0.15, -0.1) is 0 Å². The Morgan fingerprint density at radius 3 is 2.76 bits per heavy atom. The summed E-state index contributed by atoms with van der Waals surface area (Å²) in [6.07, 6.45) is 4.61. The SMILES string of the molecule is Cc1nc(CNC(=O)CCCCCCN)no1. The molecule has 0 radical (unpaired) electrons. The second kappa shape index (κ2) is 7.78. The lowest BCUT2D eigenvalue weighted by molar-refractivity contribution is -0.121. The van der Waals surface area contributed by atoms with E-state index in [-0.39, 0.29) is 5.91 Å². The van der Waals surface area contributed by atoms with Gasteiger partial charge in [0.25, 0.3) is 0 Å². The Morgan fingerprint density at radius 1 is 1.35 bits per heavy atom. The molecule has 6 nitrogen and oxygen atoms in total. The first-order valence-electron chi connectivity index (χ1n) is 5.98. The van der Waals surface area contributed by atoms with Crippen LogP contribution in [0.25, 0.3) is 0 Å². The van der Waals surface area contributed by atoms with Crippen molar-refractivity contribution in [2.24, 2.45) is 5.73 Å². The molecule has 0 bridgehead atoms. The molecule has 1 amide bonds. The van der Waals surface area contributed by atoms with Gasteiger partial charge in [0.1, 0.15) is 0 Å². The second-order valence-electron chi connectivity index (χ2n) is 3.96. The van der Waals surface area contributed by atoms with Crippen LogP contribution in [0.15, 0.2) is 4.52 Å². The highest BCUT2D eigenvalue weighted by molar-refractivity contribution is 5.75. The standard InChI is InChI=1S/C11H20N4O2/c1-9-14-10(15-17-9)8-13-11(16)6-4-2-3-5-7-12/h2-8,12H2,1H3,(H,13,16). The highest BCUT2D eigenvalue weighted by Gasteiger charge is 2.05. The average Bonchev–Trinajstić information content (AvgIpc) is 2.72. The summed E-state index contributed by atoms with van der Waals surface area (Å²) in [6, 6.07) is 0. The summed E-state index contributed by atoms with van der Waals surface area (Å²) in [6.45, 7) is 2.78. The Kier molecular flexibility index (Phi) is 6.24. The van der Waals surface area contributed by atoms with Crippen LogP contribution in [0.4, 0.5) is 0 Å². The number of hydrogen-bond donors (Lipinski definition) is 2. The molecule has 0 saturated carbocycles. The quantitative estimate of drug-likeness (QED) is 0.658. The van der Waals surface area contributed by atoms with Crippen LogP contribution in [0.3, 0.4) is 0 Å². The summed E-state index contributed by atoms with van der Waals surface area (Å²) < 4.78 is 4.80. The number of carbonyl (C=O) groups excluding carboxylic acids is 1. The van der Waals surface area contributed by atoms with Crippen LogP contribution < -0.4 is 11.1 Å². The number of rotatable bonds is 8. The first-order chi connectivity index (χ1) is 8.22. The number of carbonyl (C=O) groups is 1. The van der Waals surface area contributed by atoms with Crippen molar-refractivity contribution in [3.8, 4) is 0 Å². The molecule has 0 spiro atoms. The van der Waals surface area contributed by atoms with Gasteiger partial charge in [-0.1, -0.05) is 18.0 Å². The van der Waals surface area contributed by atoms with E-state index in [1.165, 1.54) is 0 Å². The Labute approximate surface area is 101 Å². The van der Waals surface area contributed by atoms with Gasteiger partial charge in [0.2, 0.25) is 11.8 Å². The summed E-state index contributed by atoms with van der Waals surface area (Å²) in [5, 5.41) is 6.45. The van der Waals surface area contributed by atoms with Gasteiger partial charge in [-0.2, -0.15) is 4.98 Å². The van der Waals surface area contributed by atoms with Crippen LogP contribution >= 0.6 is 0 Å². The Balaban J connectivity index is 2.05. The lowest BCUT2D eigenvalue weighted by Crippen LogP contribution is -2.22. The van der Waals surface area contributed by atoms with Gasteiger partial charge in [-0.05, 0) is 19.4 Å². The van der Waals surface area contributed by atoms with Crippen molar-refractivity contribution in [3.63, 3.8) is 0 Å². The van der Waals surface area contributed by atoms with Gasteiger partial charge >= 0.3 is 0 Å². The molecule has 0 aromatic carbocycles. The molecule has 1 rings (SSSR count). The molecule has 0 aliphatic heterocycles. The summed E-state index contributed by atoms with van der Waals surface area (Å²) in [5.41, 5.74) is 5.38. The summed E-state index contributed by atoms with van der Waals surface area (Å²) in [4.78, 5) is 15.4. The smallest absolute Gasteiger partial charge is 0.223 e. The van der Waals surface area contributed by atoms with E-state index in [9.17, 15) is 4.79 Å². The number of amides is 1. The fourth-order valence-corrected chi connectivity index (χ4v) is 1.46. The maximum absolute atomic E-state index is 11.4. The van der Waals surface area contributed by atoms with Crippen LogP contribution in [0.5, 0.6) is 0 Å².